The van der Waals surface area contributed by atoms with Crippen molar-refractivity contribution in [3.8, 4) is 11.4 Å². The Bertz CT molecular complexity index is 807. The lowest BCUT2D eigenvalue weighted by atomic mass is 10.2. The maximum atomic E-state index is 6.02. The molecule has 0 atom stereocenters. The zero-order valence-corrected chi connectivity index (χ0v) is 12.4. The molecule has 5 nitrogen and oxygen atoms in total. The predicted octanol–water partition coefficient (Wildman–Crippen LogP) is 3.02. The summed E-state index contributed by atoms with van der Waals surface area (Å²) in [6, 6.07) is 7.94. The van der Waals surface area contributed by atoms with Crippen molar-refractivity contribution in [1.29, 1.82) is 0 Å². The Balaban J connectivity index is 2.36. The van der Waals surface area contributed by atoms with E-state index in [9.17, 15) is 0 Å². The second-order valence-electron chi connectivity index (χ2n) is 4.90. The number of rotatable bonds is 3. The summed E-state index contributed by atoms with van der Waals surface area (Å²) >= 11 is 0. The lowest BCUT2D eigenvalue weighted by Gasteiger charge is -2.13. The maximum absolute atomic E-state index is 6.02. The third kappa shape index (κ3) is 2.01. The van der Waals surface area contributed by atoms with Gasteiger partial charge < -0.3 is 10.5 Å². The molecular weight excluding hydrogens is 264 g/mol. The lowest BCUT2D eigenvalue weighted by Crippen LogP contribution is -2.03. The molecule has 2 N–H and O–H groups in total. The van der Waals surface area contributed by atoms with Crippen LogP contribution < -0.4 is 10.5 Å². The first kappa shape index (κ1) is 13.4. The highest BCUT2D eigenvalue weighted by Gasteiger charge is 2.18. The van der Waals surface area contributed by atoms with Gasteiger partial charge in [-0.3, -0.25) is 4.57 Å². The molecule has 0 amide bonds. The molecule has 0 saturated heterocycles. The molecule has 21 heavy (non-hydrogen) atoms. The molecule has 0 aliphatic rings. The molecular formula is C16H18N4O. The van der Waals surface area contributed by atoms with Crippen LogP contribution >= 0.6 is 0 Å². The van der Waals surface area contributed by atoms with Crippen LogP contribution in [-0.4, -0.2) is 21.1 Å². The molecule has 0 unspecified atom stereocenters. The van der Waals surface area contributed by atoms with Crippen LogP contribution in [-0.2, 0) is 0 Å². The fourth-order valence-corrected chi connectivity index (χ4v) is 2.64. The number of para-hydroxylation sites is 2. The van der Waals surface area contributed by atoms with Gasteiger partial charge >= 0.3 is 0 Å². The Kier molecular flexibility index (Phi) is 3.25. The quantitative estimate of drug-likeness (QED) is 0.802. The van der Waals surface area contributed by atoms with E-state index in [0.717, 1.165) is 33.7 Å². The van der Waals surface area contributed by atoms with E-state index >= 15 is 0 Å². The molecule has 5 heteroatoms. The Morgan fingerprint density at radius 3 is 2.71 bits per heavy atom. The van der Waals surface area contributed by atoms with Crippen LogP contribution in [0.5, 0.6) is 5.75 Å². The highest BCUT2D eigenvalue weighted by molar-refractivity contribution is 5.92. The van der Waals surface area contributed by atoms with Crippen LogP contribution in [0.4, 0.5) is 5.82 Å². The number of ether oxygens (including phenoxy) is 1. The molecule has 0 fully saturated rings. The third-order valence-electron chi connectivity index (χ3n) is 3.73. The smallest absolute Gasteiger partial charge is 0.150 e. The summed E-state index contributed by atoms with van der Waals surface area (Å²) in [5.41, 5.74) is 9.97. The van der Waals surface area contributed by atoms with E-state index in [1.165, 1.54) is 6.33 Å². The lowest BCUT2D eigenvalue weighted by molar-refractivity contribution is 0.339. The highest BCUT2D eigenvalue weighted by Crippen LogP contribution is 2.33. The van der Waals surface area contributed by atoms with E-state index in [1.807, 2.05) is 38.1 Å². The molecule has 3 aromatic rings. The van der Waals surface area contributed by atoms with Crippen LogP contribution in [0.2, 0.25) is 0 Å². The number of hydrogen-bond acceptors (Lipinski definition) is 4. The third-order valence-corrected chi connectivity index (χ3v) is 3.73. The highest BCUT2D eigenvalue weighted by atomic mass is 16.5. The van der Waals surface area contributed by atoms with Gasteiger partial charge in [0.1, 0.15) is 17.9 Å². The Hall–Kier alpha value is -2.56. The number of hydrogen-bond donors (Lipinski definition) is 1. The number of anilines is 1. The van der Waals surface area contributed by atoms with Gasteiger partial charge in [-0.1, -0.05) is 12.1 Å². The van der Waals surface area contributed by atoms with Gasteiger partial charge in [-0.25, -0.2) is 9.97 Å². The molecule has 108 valence electrons. The van der Waals surface area contributed by atoms with Gasteiger partial charge in [0.2, 0.25) is 0 Å². The van der Waals surface area contributed by atoms with E-state index in [0.29, 0.717) is 12.4 Å². The summed E-state index contributed by atoms with van der Waals surface area (Å²) in [6.45, 7) is 6.69. The molecule has 0 radical (unpaired) electrons. The molecule has 0 saturated carbocycles. The number of nitrogen functional groups attached to an aromatic ring is 1. The summed E-state index contributed by atoms with van der Waals surface area (Å²) in [6.07, 6.45) is 1.50. The van der Waals surface area contributed by atoms with Gasteiger partial charge in [0.15, 0.2) is 5.65 Å². The first-order valence-electron chi connectivity index (χ1n) is 6.95. The molecule has 0 aliphatic carbocycles. The molecule has 1 aromatic carbocycles. The predicted molar refractivity (Wildman–Crippen MR) is 83.9 cm³/mol. The topological polar surface area (TPSA) is 66.0 Å². The monoisotopic (exact) mass is 282 g/mol. The van der Waals surface area contributed by atoms with Gasteiger partial charge in [-0.05, 0) is 38.5 Å². The Morgan fingerprint density at radius 2 is 1.95 bits per heavy atom. The molecule has 2 heterocycles. The number of aryl methyl sites for hydroxylation is 1. The van der Waals surface area contributed by atoms with Crippen molar-refractivity contribution in [3.63, 3.8) is 0 Å². The number of aromatic nitrogens is 3. The largest absolute Gasteiger partial charge is 0.492 e. The summed E-state index contributed by atoms with van der Waals surface area (Å²) in [5, 5.41) is 0.904. The van der Waals surface area contributed by atoms with Crippen molar-refractivity contribution in [2.24, 2.45) is 0 Å². The summed E-state index contributed by atoms with van der Waals surface area (Å²) in [4.78, 5) is 8.51. The average Bonchev–Trinajstić information content (AvgIpc) is 2.73. The minimum atomic E-state index is 0.508. The van der Waals surface area contributed by atoms with Crippen molar-refractivity contribution >= 4 is 16.9 Å². The van der Waals surface area contributed by atoms with E-state index < -0.39 is 0 Å². The maximum Gasteiger partial charge on any atom is 0.150 e. The van der Waals surface area contributed by atoms with E-state index in [2.05, 4.69) is 21.5 Å². The SMILES string of the molecule is CCOc1ccccc1-n1c(C)c(C)c2c(N)ncnc21. The minimum absolute atomic E-state index is 0.508. The van der Waals surface area contributed by atoms with Crippen molar-refractivity contribution in [1.82, 2.24) is 14.5 Å². The summed E-state index contributed by atoms with van der Waals surface area (Å²) < 4.78 is 7.82. The van der Waals surface area contributed by atoms with E-state index in [-0.39, 0.29) is 0 Å². The summed E-state index contributed by atoms with van der Waals surface area (Å²) in [5.74, 6) is 1.34. The summed E-state index contributed by atoms with van der Waals surface area (Å²) in [7, 11) is 0. The molecule has 0 bridgehead atoms. The van der Waals surface area contributed by atoms with Gasteiger partial charge in [0.05, 0.1) is 17.7 Å². The van der Waals surface area contributed by atoms with Gasteiger partial charge in [-0.15, -0.1) is 0 Å². The van der Waals surface area contributed by atoms with Gasteiger partial charge in [0, 0.05) is 5.69 Å². The second kappa shape index (κ2) is 5.09. The van der Waals surface area contributed by atoms with E-state index in [1.54, 1.807) is 0 Å². The van der Waals surface area contributed by atoms with Gasteiger partial charge in [0.25, 0.3) is 0 Å². The zero-order chi connectivity index (χ0) is 15.0. The minimum Gasteiger partial charge on any atom is -0.492 e. The van der Waals surface area contributed by atoms with Crippen molar-refractivity contribution in [2.45, 2.75) is 20.8 Å². The van der Waals surface area contributed by atoms with Crippen molar-refractivity contribution in [2.75, 3.05) is 12.3 Å². The average molecular weight is 282 g/mol. The van der Waals surface area contributed by atoms with Crippen LogP contribution in [0.15, 0.2) is 30.6 Å². The molecule has 3 rings (SSSR count). The molecule has 2 aromatic heterocycles. The van der Waals surface area contributed by atoms with Crippen molar-refractivity contribution in [3.05, 3.63) is 41.9 Å². The zero-order valence-electron chi connectivity index (χ0n) is 12.4. The standard InChI is InChI=1S/C16H18N4O/c1-4-21-13-8-6-5-7-12(13)20-11(3)10(2)14-15(17)18-9-19-16(14)20/h5-9H,4H2,1-3H3,(H2,17,18,19). The number of nitrogens with two attached hydrogens (primary N) is 1. The fourth-order valence-electron chi connectivity index (χ4n) is 2.64. The second-order valence-corrected chi connectivity index (χ2v) is 4.90. The number of benzene rings is 1. The van der Waals surface area contributed by atoms with Crippen LogP contribution in [0.1, 0.15) is 18.2 Å². The molecule has 0 aliphatic heterocycles. The normalized spacial score (nSPS) is 11.0. The van der Waals surface area contributed by atoms with Crippen LogP contribution in [0.25, 0.3) is 16.7 Å². The number of nitrogens with zero attached hydrogens (tertiary/aromatic N) is 3. The van der Waals surface area contributed by atoms with E-state index in [4.69, 9.17) is 10.5 Å². The number of fused-ring (bicyclic) bond motifs is 1. The van der Waals surface area contributed by atoms with Crippen LogP contribution in [0.3, 0.4) is 0 Å². The van der Waals surface area contributed by atoms with Gasteiger partial charge in [-0.2, -0.15) is 0 Å². The Labute approximate surface area is 123 Å². The van der Waals surface area contributed by atoms with Crippen LogP contribution in [0, 0.1) is 13.8 Å². The first-order chi connectivity index (χ1) is 10.1. The first-order valence-corrected chi connectivity index (χ1v) is 6.95. The molecule has 0 spiro atoms. The Morgan fingerprint density at radius 1 is 1.19 bits per heavy atom. The fraction of sp³-hybridized carbons (Fsp3) is 0.250. The van der Waals surface area contributed by atoms with Crippen molar-refractivity contribution < 1.29 is 4.74 Å².